The molecule has 0 rings (SSSR count). The number of hydrogen-bond acceptors (Lipinski definition) is 3. The minimum absolute atomic E-state index is 0.233. The third-order valence-electron chi connectivity index (χ3n) is 1.33. The van der Waals surface area contributed by atoms with Crippen LogP contribution in [-0.2, 0) is 4.79 Å². The molecular weight excluding hydrogens is 231 g/mol. The summed E-state index contributed by atoms with van der Waals surface area (Å²) in [5.74, 6) is 0. The molecule has 0 aliphatic heterocycles. The molecule has 11 heavy (non-hydrogen) atoms. The van der Waals surface area contributed by atoms with Gasteiger partial charge in [-0.1, -0.05) is 15.9 Å². The van der Waals surface area contributed by atoms with Gasteiger partial charge >= 0.3 is 0 Å². The normalized spacial score (nSPS) is 16.0. The maximum Gasteiger partial charge on any atom is 0.236 e. The lowest BCUT2D eigenvalue weighted by Crippen LogP contribution is -2.34. The first-order valence-electron chi connectivity index (χ1n) is 3.38. The zero-order valence-corrected chi connectivity index (χ0v) is 8.44. The number of carbonyl (C=O) groups excluding carboxylic acids is 1. The summed E-state index contributed by atoms with van der Waals surface area (Å²) in [4.78, 5) is 10.1. The van der Waals surface area contributed by atoms with Gasteiger partial charge in [0.1, 0.15) is 4.83 Å². The van der Waals surface area contributed by atoms with Gasteiger partial charge in [0, 0.05) is 6.04 Å². The number of alkyl halides is 1. The molecule has 0 bridgehead atoms. The second-order valence-electron chi connectivity index (χ2n) is 2.30. The summed E-state index contributed by atoms with van der Waals surface area (Å²) >= 11 is 8.30. The van der Waals surface area contributed by atoms with Crippen molar-refractivity contribution in [1.29, 1.82) is 0 Å². The molecule has 0 aromatic rings. The van der Waals surface area contributed by atoms with Gasteiger partial charge in [0.25, 0.3) is 0 Å². The van der Waals surface area contributed by atoms with Crippen LogP contribution in [0.15, 0.2) is 0 Å². The third-order valence-corrected chi connectivity index (χ3v) is 2.93. The van der Waals surface area contributed by atoms with Crippen LogP contribution in [0.5, 0.6) is 0 Å². The van der Waals surface area contributed by atoms with Crippen LogP contribution in [0.2, 0.25) is 0 Å². The number of halogens is 2. The van der Waals surface area contributed by atoms with Crippen LogP contribution in [-0.4, -0.2) is 22.7 Å². The number of nitrogens with two attached hydrogens (primary N) is 2. The quantitative estimate of drug-likeness (QED) is 0.548. The van der Waals surface area contributed by atoms with Crippen molar-refractivity contribution in [3.05, 3.63) is 0 Å². The van der Waals surface area contributed by atoms with Crippen LogP contribution < -0.4 is 11.5 Å². The van der Waals surface area contributed by atoms with Gasteiger partial charge in [-0.25, -0.2) is 0 Å². The van der Waals surface area contributed by atoms with E-state index in [1.54, 1.807) is 0 Å². The molecule has 0 radical (unpaired) electrons. The van der Waals surface area contributed by atoms with Crippen molar-refractivity contribution in [2.45, 2.75) is 23.7 Å². The molecule has 0 heterocycles. The summed E-state index contributed by atoms with van der Waals surface area (Å²) in [5, 5.41) is -0.450. The van der Waals surface area contributed by atoms with Crippen molar-refractivity contribution in [3.8, 4) is 0 Å². The van der Waals surface area contributed by atoms with Gasteiger partial charge in [-0.2, -0.15) is 0 Å². The average molecular weight is 244 g/mol. The number of hydrogen-bond donors (Lipinski definition) is 2. The lowest BCUT2D eigenvalue weighted by atomic mass is 10.1. The average Bonchev–Trinajstić information content (AvgIpc) is 1.98. The van der Waals surface area contributed by atoms with E-state index in [1.165, 1.54) is 0 Å². The standard InChI is InChI=1S/C6H12BrClN2O/c7-5(6(8)11)4(10)2-1-3-9/h4-5H,1-3,9-10H2. The smallest absolute Gasteiger partial charge is 0.236 e. The van der Waals surface area contributed by atoms with Crippen LogP contribution in [0.1, 0.15) is 12.8 Å². The van der Waals surface area contributed by atoms with E-state index in [0.717, 1.165) is 6.42 Å². The summed E-state index contributed by atoms with van der Waals surface area (Å²) in [7, 11) is 0. The first-order valence-corrected chi connectivity index (χ1v) is 4.68. The van der Waals surface area contributed by atoms with E-state index in [0.29, 0.717) is 13.0 Å². The summed E-state index contributed by atoms with van der Waals surface area (Å²) in [5.41, 5.74) is 10.9. The molecular formula is C6H12BrClN2O. The summed E-state index contributed by atoms with van der Waals surface area (Å²) < 4.78 is 0. The van der Waals surface area contributed by atoms with E-state index in [2.05, 4.69) is 15.9 Å². The molecule has 3 nitrogen and oxygen atoms in total. The van der Waals surface area contributed by atoms with Crippen molar-refractivity contribution in [3.63, 3.8) is 0 Å². The van der Waals surface area contributed by atoms with Crippen LogP contribution in [0.25, 0.3) is 0 Å². The zero-order valence-electron chi connectivity index (χ0n) is 6.09. The Hall–Kier alpha value is 0.360. The maximum atomic E-state index is 10.6. The van der Waals surface area contributed by atoms with E-state index in [4.69, 9.17) is 23.1 Å². The van der Waals surface area contributed by atoms with E-state index in [-0.39, 0.29) is 6.04 Å². The van der Waals surface area contributed by atoms with Crippen molar-refractivity contribution < 1.29 is 4.79 Å². The monoisotopic (exact) mass is 242 g/mol. The second-order valence-corrected chi connectivity index (χ2v) is 3.66. The Kier molecular flexibility index (Phi) is 6.14. The molecule has 5 heteroatoms. The Balaban J connectivity index is 3.63. The zero-order chi connectivity index (χ0) is 8.85. The van der Waals surface area contributed by atoms with Gasteiger partial charge in [-0.3, -0.25) is 4.79 Å². The van der Waals surface area contributed by atoms with Gasteiger partial charge in [-0.05, 0) is 31.0 Å². The molecule has 4 N–H and O–H groups in total. The highest BCUT2D eigenvalue weighted by Gasteiger charge is 2.19. The van der Waals surface area contributed by atoms with Gasteiger partial charge in [-0.15, -0.1) is 0 Å². The van der Waals surface area contributed by atoms with E-state index >= 15 is 0 Å². The molecule has 2 unspecified atom stereocenters. The molecule has 0 aromatic heterocycles. The van der Waals surface area contributed by atoms with Crippen LogP contribution in [0, 0.1) is 0 Å². The Labute approximate surface area is 79.6 Å². The largest absolute Gasteiger partial charge is 0.330 e. The first-order chi connectivity index (χ1) is 5.09. The fraction of sp³-hybridized carbons (Fsp3) is 0.833. The lowest BCUT2D eigenvalue weighted by Gasteiger charge is -2.13. The van der Waals surface area contributed by atoms with E-state index in [9.17, 15) is 4.79 Å². The number of carbonyl (C=O) groups is 1. The van der Waals surface area contributed by atoms with E-state index < -0.39 is 10.1 Å². The first kappa shape index (κ1) is 11.4. The predicted molar refractivity (Wildman–Crippen MR) is 49.8 cm³/mol. The van der Waals surface area contributed by atoms with Gasteiger partial charge < -0.3 is 11.5 Å². The Morgan fingerprint density at radius 1 is 1.64 bits per heavy atom. The molecule has 0 aliphatic rings. The highest BCUT2D eigenvalue weighted by Crippen LogP contribution is 2.11. The summed E-state index contributed by atoms with van der Waals surface area (Å²) in [6.07, 6.45) is 1.53. The molecule has 0 spiro atoms. The van der Waals surface area contributed by atoms with Gasteiger partial charge in [0.15, 0.2) is 0 Å². The van der Waals surface area contributed by atoms with E-state index in [1.807, 2.05) is 0 Å². The molecule has 0 aliphatic carbocycles. The molecule has 0 aromatic carbocycles. The fourth-order valence-electron chi connectivity index (χ4n) is 0.668. The Bertz CT molecular complexity index is 134. The molecule has 0 fully saturated rings. The SMILES string of the molecule is NCCCC(N)C(Br)C(=O)Cl. The summed E-state index contributed by atoms with van der Waals surface area (Å²) in [6, 6.07) is -0.233. The minimum Gasteiger partial charge on any atom is -0.330 e. The van der Waals surface area contributed by atoms with Gasteiger partial charge in [0.2, 0.25) is 5.24 Å². The molecule has 0 amide bonds. The molecule has 66 valence electrons. The van der Waals surface area contributed by atoms with Crippen molar-refractivity contribution in [2.75, 3.05) is 6.54 Å². The van der Waals surface area contributed by atoms with Gasteiger partial charge in [0.05, 0.1) is 0 Å². The second kappa shape index (κ2) is 5.94. The Morgan fingerprint density at radius 3 is 2.55 bits per heavy atom. The van der Waals surface area contributed by atoms with Crippen molar-refractivity contribution >= 4 is 32.8 Å². The lowest BCUT2D eigenvalue weighted by molar-refractivity contribution is -0.111. The topological polar surface area (TPSA) is 69.1 Å². The fourth-order valence-corrected chi connectivity index (χ4v) is 1.09. The molecule has 0 saturated carbocycles. The van der Waals surface area contributed by atoms with Crippen molar-refractivity contribution in [2.24, 2.45) is 11.5 Å². The highest BCUT2D eigenvalue weighted by atomic mass is 79.9. The predicted octanol–water partition coefficient (Wildman–Crippen LogP) is 0.582. The van der Waals surface area contributed by atoms with Crippen LogP contribution in [0.4, 0.5) is 0 Å². The van der Waals surface area contributed by atoms with Crippen LogP contribution in [0.3, 0.4) is 0 Å². The minimum atomic E-state index is -0.450. The Morgan fingerprint density at radius 2 is 2.18 bits per heavy atom. The maximum absolute atomic E-state index is 10.6. The van der Waals surface area contributed by atoms with Crippen molar-refractivity contribution in [1.82, 2.24) is 0 Å². The molecule has 2 atom stereocenters. The van der Waals surface area contributed by atoms with Crippen LogP contribution >= 0.6 is 27.5 Å². The third kappa shape index (κ3) is 4.74. The number of rotatable bonds is 5. The highest BCUT2D eigenvalue weighted by molar-refractivity contribution is 9.10. The summed E-state index contributed by atoms with van der Waals surface area (Å²) in [6.45, 7) is 0.587. The molecule has 0 saturated heterocycles.